The summed E-state index contributed by atoms with van der Waals surface area (Å²) in [5.41, 5.74) is 0.642. The number of aryl methyl sites for hydroxylation is 1. The van der Waals surface area contributed by atoms with Crippen molar-refractivity contribution in [2.24, 2.45) is 0 Å². The van der Waals surface area contributed by atoms with Crippen molar-refractivity contribution < 1.29 is 13.9 Å². The van der Waals surface area contributed by atoms with Gasteiger partial charge in [0.2, 0.25) is 0 Å². The fourth-order valence-corrected chi connectivity index (χ4v) is 1.36. The summed E-state index contributed by atoms with van der Waals surface area (Å²) < 4.78 is 25.4. The Morgan fingerprint density at radius 3 is 2.29 bits per heavy atom. The van der Waals surface area contributed by atoms with Crippen molar-refractivity contribution in [3.63, 3.8) is 0 Å². The third-order valence-electron chi connectivity index (χ3n) is 2.01. The molecule has 3 heteroatoms. The molecule has 1 unspecified atom stereocenters. The van der Waals surface area contributed by atoms with Gasteiger partial charge < -0.3 is 5.11 Å². The molecule has 0 saturated heterocycles. The molecule has 0 bridgehead atoms. The van der Waals surface area contributed by atoms with Crippen molar-refractivity contribution in [1.29, 1.82) is 0 Å². The normalized spacial score (nSPS) is 12.9. The van der Waals surface area contributed by atoms with E-state index in [0.29, 0.717) is 18.4 Å². The fourth-order valence-electron chi connectivity index (χ4n) is 1.36. The van der Waals surface area contributed by atoms with Crippen LogP contribution >= 0.6 is 0 Å². The monoisotopic (exact) mass is 200 g/mol. The Morgan fingerprint density at radius 1 is 1.21 bits per heavy atom. The second kappa shape index (κ2) is 5.05. The van der Waals surface area contributed by atoms with Gasteiger partial charge in [-0.1, -0.05) is 0 Å². The summed E-state index contributed by atoms with van der Waals surface area (Å²) in [6.45, 7) is 1.70. The van der Waals surface area contributed by atoms with Gasteiger partial charge in [-0.05, 0) is 43.9 Å². The Hall–Kier alpha value is -0.960. The first-order chi connectivity index (χ1) is 6.58. The standard InChI is InChI=1S/C11H14F2O/c1-8(14)3-2-4-9-5-10(12)7-11(13)6-9/h5-8,14H,2-4H2,1H3. The average molecular weight is 200 g/mol. The van der Waals surface area contributed by atoms with E-state index in [1.54, 1.807) is 6.92 Å². The molecular weight excluding hydrogens is 186 g/mol. The molecule has 78 valence electrons. The maximum atomic E-state index is 12.7. The maximum absolute atomic E-state index is 12.7. The van der Waals surface area contributed by atoms with Crippen LogP contribution in [0.3, 0.4) is 0 Å². The molecule has 1 N–H and O–H groups in total. The van der Waals surface area contributed by atoms with Gasteiger partial charge in [0.1, 0.15) is 11.6 Å². The third-order valence-corrected chi connectivity index (χ3v) is 2.01. The number of aliphatic hydroxyl groups is 1. The SMILES string of the molecule is CC(O)CCCc1cc(F)cc(F)c1. The summed E-state index contributed by atoms with van der Waals surface area (Å²) in [4.78, 5) is 0. The molecule has 0 aromatic heterocycles. The minimum Gasteiger partial charge on any atom is -0.393 e. The average Bonchev–Trinajstić information content (AvgIpc) is 2.01. The zero-order chi connectivity index (χ0) is 10.6. The van der Waals surface area contributed by atoms with Crippen LogP contribution in [0.1, 0.15) is 25.3 Å². The first-order valence-corrected chi connectivity index (χ1v) is 4.71. The Morgan fingerprint density at radius 2 is 1.79 bits per heavy atom. The molecular formula is C11H14F2O. The van der Waals surface area contributed by atoms with Crippen LogP contribution in [-0.4, -0.2) is 11.2 Å². The van der Waals surface area contributed by atoms with Gasteiger partial charge in [0.05, 0.1) is 6.10 Å². The molecule has 1 rings (SSSR count). The molecule has 0 spiro atoms. The van der Waals surface area contributed by atoms with E-state index >= 15 is 0 Å². The second-order valence-corrected chi connectivity index (χ2v) is 3.52. The minimum atomic E-state index is -0.544. The molecule has 1 nitrogen and oxygen atoms in total. The number of hydrogen-bond acceptors (Lipinski definition) is 1. The molecule has 0 aliphatic carbocycles. The highest BCUT2D eigenvalue weighted by molar-refractivity contribution is 5.17. The lowest BCUT2D eigenvalue weighted by Crippen LogP contribution is -2.00. The van der Waals surface area contributed by atoms with E-state index in [2.05, 4.69) is 0 Å². The summed E-state index contributed by atoms with van der Waals surface area (Å²) in [6.07, 6.45) is 1.63. The van der Waals surface area contributed by atoms with Gasteiger partial charge in [-0.25, -0.2) is 8.78 Å². The van der Waals surface area contributed by atoms with E-state index in [1.807, 2.05) is 0 Å². The summed E-state index contributed by atoms with van der Waals surface area (Å²) in [6, 6.07) is 3.51. The minimum absolute atomic E-state index is 0.353. The largest absolute Gasteiger partial charge is 0.393 e. The maximum Gasteiger partial charge on any atom is 0.126 e. The summed E-state index contributed by atoms with van der Waals surface area (Å²) >= 11 is 0. The van der Waals surface area contributed by atoms with Crippen LogP contribution in [0.5, 0.6) is 0 Å². The number of benzene rings is 1. The van der Waals surface area contributed by atoms with Gasteiger partial charge in [-0.2, -0.15) is 0 Å². The first-order valence-electron chi connectivity index (χ1n) is 4.71. The number of rotatable bonds is 4. The van der Waals surface area contributed by atoms with Gasteiger partial charge in [0.25, 0.3) is 0 Å². The number of aliphatic hydroxyl groups excluding tert-OH is 1. The molecule has 0 aliphatic rings. The molecule has 0 radical (unpaired) electrons. The van der Waals surface area contributed by atoms with Crippen LogP contribution in [0.4, 0.5) is 8.78 Å². The quantitative estimate of drug-likeness (QED) is 0.792. The third kappa shape index (κ3) is 3.83. The van der Waals surface area contributed by atoms with Crippen LogP contribution in [0.25, 0.3) is 0 Å². The van der Waals surface area contributed by atoms with Gasteiger partial charge in [-0.15, -0.1) is 0 Å². The van der Waals surface area contributed by atoms with Gasteiger partial charge in [-0.3, -0.25) is 0 Å². The predicted octanol–water partition coefficient (Wildman–Crippen LogP) is 2.67. The smallest absolute Gasteiger partial charge is 0.126 e. The van der Waals surface area contributed by atoms with Gasteiger partial charge in [0, 0.05) is 6.07 Å². The van der Waals surface area contributed by atoms with Crippen LogP contribution in [0.15, 0.2) is 18.2 Å². The summed E-state index contributed by atoms with van der Waals surface area (Å²) in [7, 11) is 0. The number of hydrogen-bond donors (Lipinski definition) is 1. The highest BCUT2D eigenvalue weighted by Crippen LogP contribution is 2.11. The highest BCUT2D eigenvalue weighted by atomic mass is 19.1. The van der Waals surface area contributed by atoms with E-state index < -0.39 is 11.6 Å². The molecule has 1 aromatic rings. The van der Waals surface area contributed by atoms with E-state index in [4.69, 9.17) is 5.11 Å². The highest BCUT2D eigenvalue weighted by Gasteiger charge is 2.01. The Kier molecular flexibility index (Phi) is 4.01. The molecule has 0 fully saturated rings. The topological polar surface area (TPSA) is 20.2 Å². The van der Waals surface area contributed by atoms with Crippen molar-refractivity contribution in [1.82, 2.24) is 0 Å². The molecule has 1 atom stereocenters. The molecule has 0 aliphatic heterocycles. The lowest BCUT2D eigenvalue weighted by molar-refractivity contribution is 0.181. The van der Waals surface area contributed by atoms with Crippen molar-refractivity contribution in [2.45, 2.75) is 32.3 Å². The molecule has 0 heterocycles. The van der Waals surface area contributed by atoms with Crippen molar-refractivity contribution in [3.05, 3.63) is 35.4 Å². The van der Waals surface area contributed by atoms with Gasteiger partial charge >= 0.3 is 0 Å². The van der Waals surface area contributed by atoms with E-state index in [-0.39, 0.29) is 6.10 Å². The Bertz CT molecular complexity index is 277. The van der Waals surface area contributed by atoms with Crippen LogP contribution in [-0.2, 0) is 6.42 Å². The first kappa shape index (κ1) is 11.1. The zero-order valence-electron chi connectivity index (χ0n) is 8.13. The lowest BCUT2D eigenvalue weighted by Gasteiger charge is -2.04. The predicted molar refractivity (Wildman–Crippen MR) is 51.0 cm³/mol. The Balaban J connectivity index is 2.50. The zero-order valence-corrected chi connectivity index (χ0v) is 8.13. The fraction of sp³-hybridized carbons (Fsp3) is 0.455. The Labute approximate surface area is 82.4 Å². The molecule has 0 saturated carbocycles. The van der Waals surface area contributed by atoms with Gasteiger partial charge in [0.15, 0.2) is 0 Å². The van der Waals surface area contributed by atoms with Crippen molar-refractivity contribution >= 4 is 0 Å². The van der Waals surface area contributed by atoms with E-state index in [0.717, 1.165) is 12.5 Å². The van der Waals surface area contributed by atoms with Crippen LogP contribution in [0, 0.1) is 11.6 Å². The lowest BCUT2D eigenvalue weighted by atomic mass is 10.1. The van der Waals surface area contributed by atoms with Crippen molar-refractivity contribution in [3.8, 4) is 0 Å². The second-order valence-electron chi connectivity index (χ2n) is 3.52. The molecule has 14 heavy (non-hydrogen) atoms. The van der Waals surface area contributed by atoms with Crippen LogP contribution < -0.4 is 0 Å². The van der Waals surface area contributed by atoms with Crippen LogP contribution in [0.2, 0.25) is 0 Å². The number of halogens is 2. The molecule has 1 aromatic carbocycles. The van der Waals surface area contributed by atoms with E-state index in [1.165, 1.54) is 12.1 Å². The summed E-state index contributed by atoms with van der Waals surface area (Å²) in [5, 5.41) is 8.99. The summed E-state index contributed by atoms with van der Waals surface area (Å²) in [5.74, 6) is -1.09. The van der Waals surface area contributed by atoms with E-state index in [9.17, 15) is 8.78 Å². The molecule has 0 amide bonds. The van der Waals surface area contributed by atoms with Crippen molar-refractivity contribution in [2.75, 3.05) is 0 Å².